The van der Waals surface area contributed by atoms with Gasteiger partial charge in [0.15, 0.2) is 0 Å². The molecule has 4 rings (SSSR count). The number of aromatic nitrogens is 1. The van der Waals surface area contributed by atoms with Crippen LogP contribution >= 0.6 is 0 Å². The average molecular weight is 510 g/mol. The molecule has 0 saturated heterocycles. The van der Waals surface area contributed by atoms with E-state index in [9.17, 15) is 13.2 Å². The minimum absolute atomic E-state index is 0.253. The third-order valence-electron chi connectivity index (χ3n) is 4.88. The summed E-state index contributed by atoms with van der Waals surface area (Å²) in [5, 5.41) is 3.67. The fourth-order valence-corrected chi connectivity index (χ4v) is 3.54. The number of nitrogens with zero attached hydrogens (tertiary/aromatic N) is 1. The van der Waals surface area contributed by atoms with Crippen molar-refractivity contribution < 1.29 is 13.2 Å². The first-order valence-corrected chi connectivity index (χ1v) is 11.8. The minimum Gasteiger partial charge on any atom is -0.405 e. The standard InChI is InChI=1S/C25H21FN2.C2H5N.C2H6.2CH3F/c26-22-14-16-23(17-15-22)28-25(21-11-5-2-6-12-21,24-13-7-8-18-27-24)19-20-9-3-1-4-10-20;1-2-3;3*1-2/h1-18,28H,19H2;2H,1,3H2;1-2H3;2*1H3. The maximum atomic E-state index is 13.5. The molecule has 3 nitrogen and oxygen atoms in total. The van der Waals surface area contributed by atoms with Crippen LogP contribution in [0, 0.1) is 5.82 Å². The van der Waals surface area contributed by atoms with Crippen molar-refractivity contribution in [1.29, 1.82) is 0 Å². The molecule has 0 saturated carbocycles. The van der Waals surface area contributed by atoms with Gasteiger partial charge in [0, 0.05) is 18.3 Å². The van der Waals surface area contributed by atoms with E-state index in [4.69, 9.17) is 4.98 Å². The van der Waals surface area contributed by atoms with Crippen LogP contribution in [0.4, 0.5) is 18.9 Å². The van der Waals surface area contributed by atoms with Crippen LogP contribution in [-0.2, 0) is 12.0 Å². The molecule has 3 N–H and O–H groups in total. The lowest BCUT2D eigenvalue weighted by Gasteiger charge is -2.36. The summed E-state index contributed by atoms with van der Waals surface area (Å²) in [5.41, 5.74) is 8.05. The van der Waals surface area contributed by atoms with Crippen molar-refractivity contribution in [2.24, 2.45) is 5.73 Å². The zero-order valence-electron chi connectivity index (χ0n) is 22.0. The van der Waals surface area contributed by atoms with Crippen LogP contribution in [0.5, 0.6) is 0 Å². The summed E-state index contributed by atoms with van der Waals surface area (Å²) in [6, 6.07) is 33.0. The Hall–Kier alpha value is -4.06. The minimum atomic E-state index is -0.596. The van der Waals surface area contributed by atoms with Gasteiger partial charge in [0.05, 0.1) is 20.0 Å². The van der Waals surface area contributed by atoms with Crippen molar-refractivity contribution in [3.63, 3.8) is 0 Å². The van der Waals surface area contributed by atoms with E-state index in [2.05, 4.69) is 41.9 Å². The molecule has 0 spiro atoms. The molecule has 0 aliphatic heterocycles. The summed E-state index contributed by atoms with van der Waals surface area (Å²) in [6.45, 7) is 7.14. The van der Waals surface area contributed by atoms with Crippen LogP contribution in [0.2, 0.25) is 0 Å². The highest BCUT2D eigenvalue weighted by molar-refractivity contribution is 5.53. The van der Waals surface area contributed by atoms with Crippen LogP contribution in [0.15, 0.2) is 122 Å². The van der Waals surface area contributed by atoms with Crippen LogP contribution in [0.25, 0.3) is 0 Å². The monoisotopic (exact) mass is 509 g/mol. The predicted molar refractivity (Wildman–Crippen MR) is 151 cm³/mol. The number of hydrogen-bond acceptors (Lipinski definition) is 3. The van der Waals surface area contributed by atoms with Gasteiger partial charge >= 0.3 is 0 Å². The first-order valence-electron chi connectivity index (χ1n) is 11.8. The number of anilines is 1. The summed E-state index contributed by atoms with van der Waals surface area (Å²) < 4.78 is 32.5. The third kappa shape index (κ3) is 10.6. The van der Waals surface area contributed by atoms with E-state index in [0.29, 0.717) is 20.8 Å². The van der Waals surface area contributed by atoms with Crippen molar-refractivity contribution in [1.82, 2.24) is 4.98 Å². The Morgan fingerprint density at radius 2 is 1.27 bits per heavy atom. The number of nitrogens with two attached hydrogens (primary N) is 1. The Morgan fingerprint density at radius 3 is 1.76 bits per heavy atom. The molecule has 0 aliphatic carbocycles. The molecule has 198 valence electrons. The molecule has 1 aromatic heterocycles. The van der Waals surface area contributed by atoms with Crippen LogP contribution in [0.1, 0.15) is 30.7 Å². The lowest BCUT2D eigenvalue weighted by Crippen LogP contribution is -2.40. The summed E-state index contributed by atoms with van der Waals surface area (Å²) in [5.74, 6) is -0.253. The van der Waals surface area contributed by atoms with Crippen molar-refractivity contribution in [2.45, 2.75) is 25.8 Å². The fraction of sp³-hybridized carbons (Fsp3) is 0.194. The van der Waals surface area contributed by atoms with Gasteiger partial charge in [-0.15, -0.1) is 0 Å². The summed E-state index contributed by atoms with van der Waals surface area (Å²) in [7, 11) is 1.00. The molecular weight excluding hydrogens is 471 g/mol. The lowest BCUT2D eigenvalue weighted by atomic mass is 9.80. The molecule has 3 aromatic carbocycles. The average Bonchev–Trinajstić information content (AvgIpc) is 2.99. The van der Waals surface area contributed by atoms with Gasteiger partial charge in [0.1, 0.15) is 11.4 Å². The maximum Gasteiger partial charge on any atom is 0.123 e. The van der Waals surface area contributed by atoms with Gasteiger partial charge in [-0.05, 0) is 53.7 Å². The number of hydrogen-bond donors (Lipinski definition) is 2. The number of nitrogens with one attached hydrogen (secondary N) is 1. The SMILES string of the molecule is C=CN.CC.CF.CF.Fc1ccc(NC(Cc2ccccc2)(c2ccccc2)c2ccccn2)cc1. The van der Waals surface area contributed by atoms with Crippen LogP contribution in [0.3, 0.4) is 0 Å². The van der Waals surface area contributed by atoms with E-state index in [1.165, 1.54) is 23.9 Å². The molecule has 6 heteroatoms. The number of alkyl halides is 2. The van der Waals surface area contributed by atoms with Gasteiger partial charge in [0.25, 0.3) is 0 Å². The first kappa shape index (κ1) is 32.9. The topological polar surface area (TPSA) is 50.9 Å². The van der Waals surface area contributed by atoms with Gasteiger partial charge in [-0.2, -0.15) is 0 Å². The second-order valence-electron chi connectivity index (χ2n) is 7.02. The lowest BCUT2D eigenvalue weighted by molar-refractivity contribution is 0.565. The van der Waals surface area contributed by atoms with Gasteiger partial charge < -0.3 is 11.1 Å². The molecule has 1 heterocycles. The Bertz CT molecular complexity index is 1020. The van der Waals surface area contributed by atoms with E-state index in [1.54, 1.807) is 12.1 Å². The second kappa shape index (κ2) is 20.2. The fourth-order valence-electron chi connectivity index (χ4n) is 3.54. The number of rotatable bonds is 6. The van der Waals surface area contributed by atoms with Gasteiger partial charge in [-0.25, -0.2) is 4.39 Å². The maximum absolute atomic E-state index is 13.5. The molecule has 0 amide bonds. The molecule has 0 fully saturated rings. The summed E-state index contributed by atoms with van der Waals surface area (Å²) in [4.78, 5) is 4.70. The van der Waals surface area contributed by atoms with Crippen molar-refractivity contribution >= 4 is 5.69 Å². The summed E-state index contributed by atoms with van der Waals surface area (Å²) >= 11 is 0. The van der Waals surface area contributed by atoms with Gasteiger partial charge in [-0.3, -0.25) is 13.8 Å². The van der Waals surface area contributed by atoms with E-state index >= 15 is 0 Å². The molecule has 1 unspecified atom stereocenters. The highest BCUT2D eigenvalue weighted by atomic mass is 19.1. The predicted octanol–water partition coefficient (Wildman–Crippen LogP) is 8.11. The zero-order chi connectivity index (χ0) is 27.9. The van der Waals surface area contributed by atoms with E-state index in [1.807, 2.05) is 74.6 Å². The van der Waals surface area contributed by atoms with Crippen LogP contribution in [-0.4, -0.2) is 19.3 Å². The zero-order valence-corrected chi connectivity index (χ0v) is 22.0. The Morgan fingerprint density at radius 1 is 0.784 bits per heavy atom. The molecule has 0 aliphatic rings. The molecule has 37 heavy (non-hydrogen) atoms. The molecule has 0 radical (unpaired) electrons. The smallest absolute Gasteiger partial charge is 0.123 e. The number of halogens is 3. The quantitative estimate of drug-likeness (QED) is 0.276. The van der Waals surface area contributed by atoms with Crippen molar-refractivity contribution in [3.05, 3.63) is 145 Å². The van der Waals surface area contributed by atoms with E-state index < -0.39 is 5.54 Å². The molecular formula is C31H38F3N3. The molecule has 1 atom stereocenters. The van der Waals surface area contributed by atoms with Gasteiger partial charge in [0.2, 0.25) is 0 Å². The number of pyridine rings is 1. The Kier molecular flexibility index (Phi) is 18.0. The molecule has 0 bridgehead atoms. The third-order valence-corrected chi connectivity index (χ3v) is 4.88. The summed E-state index contributed by atoms with van der Waals surface area (Å²) in [6.07, 6.45) is 3.76. The van der Waals surface area contributed by atoms with Crippen molar-refractivity contribution in [3.8, 4) is 0 Å². The van der Waals surface area contributed by atoms with Crippen LogP contribution < -0.4 is 11.1 Å². The second-order valence-corrected chi connectivity index (χ2v) is 7.02. The van der Waals surface area contributed by atoms with Crippen molar-refractivity contribution in [2.75, 3.05) is 19.7 Å². The first-order chi connectivity index (χ1) is 18.2. The van der Waals surface area contributed by atoms with E-state index in [-0.39, 0.29) is 5.82 Å². The molecule has 4 aromatic rings. The normalized spacial score (nSPS) is 10.6. The van der Waals surface area contributed by atoms with Gasteiger partial charge in [-0.1, -0.05) is 87.2 Å². The highest BCUT2D eigenvalue weighted by Crippen LogP contribution is 2.36. The largest absolute Gasteiger partial charge is 0.405 e. The highest BCUT2D eigenvalue weighted by Gasteiger charge is 2.36. The number of benzene rings is 3. The van der Waals surface area contributed by atoms with E-state index in [0.717, 1.165) is 16.9 Å². The Labute approximate surface area is 219 Å². The Balaban J connectivity index is 0.00000129.